The van der Waals surface area contributed by atoms with Crippen molar-refractivity contribution >= 4 is 51.4 Å². The van der Waals surface area contributed by atoms with Gasteiger partial charge < -0.3 is 15.0 Å². The predicted octanol–water partition coefficient (Wildman–Crippen LogP) is 4.76. The van der Waals surface area contributed by atoms with E-state index in [4.69, 9.17) is 27.9 Å². The summed E-state index contributed by atoms with van der Waals surface area (Å²) in [6.45, 7) is 2.22. The summed E-state index contributed by atoms with van der Waals surface area (Å²) < 4.78 is 5.35. The highest BCUT2D eigenvalue weighted by molar-refractivity contribution is 6.42. The molecule has 1 N–H and O–H groups in total. The van der Waals surface area contributed by atoms with Crippen molar-refractivity contribution in [3.63, 3.8) is 0 Å². The third-order valence-corrected chi connectivity index (χ3v) is 5.23. The molecule has 1 saturated heterocycles. The van der Waals surface area contributed by atoms with Gasteiger partial charge in [-0.3, -0.25) is 9.78 Å². The molecule has 7 heteroatoms. The molecule has 1 fully saturated rings. The van der Waals surface area contributed by atoms with Crippen LogP contribution in [0.2, 0.25) is 10.0 Å². The summed E-state index contributed by atoms with van der Waals surface area (Å²) in [4.78, 5) is 19.4. The summed E-state index contributed by atoms with van der Waals surface area (Å²) in [5.41, 5.74) is 2.77. The van der Waals surface area contributed by atoms with Gasteiger partial charge in [-0.05, 0) is 24.3 Å². The average Bonchev–Trinajstić information content (AvgIpc) is 2.71. The minimum Gasteiger partial charge on any atom is -0.378 e. The van der Waals surface area contributed by atoms with E-state index in [0.29, 0.717) is 47.6 Å². The Morgan fingerprint density at radius 2 is 1.85 bits per heavy atom. The van der Waals surface area contributed by atoms with Crippen molar-refractivity contribution in [3.8, 4) is 0 Å². The van der Waals surface area contributed by atoms with Crippen molar-refractivity contribution in [2.75, 3.05) is 31.6 Å². The summed E-state index contributed by atoms with van der Waals surface area (Å²) >= 11 is 12.2. The molecule has 1 aliphatic heterocycles. The van der Waals surface area contributed by atoms with E-state index in [1.807, 2.05) is 30.3 Å². The van der Waals surface area contributed by atoms with Gasteiger partial charge >= 0.3 is 0 Å². The first kappa shape index (κ1) is 18.0. The van der Waals surface area contributed by atoms with Crippen LogP contribution in [0.1, 0.15) is 10.4 Å². The van der Waals surface area contributed by atoms with Gasteiger partial charge in [-0.15, -0.1) is 0 Å². The zero-order valence-electron chi connectivity index (χ0n) is 14.4. The molecule has 0 atom stereocenters. The number of rotatable bonds is 3. The average molecular weight is 402 g/mol. The summed E-state index contributed by atoms with van der Waals surface area (Å²) in [6, 6.07) is 13.0. The number of aromatic nitrogens is 1. The van der Waals surface area contributed by atoms with Gasteiger partial charge in [-0.2, -0.15) is 0 Å². The number of fused-ring (bicyclic) bond motifs is 1. The maximum absolute atomic E-state index is 13.1. The molecule has 0 radical (unpaired) electrons. The third kappa shape index (κ3) is 3.72. The maximum atomic E-state index is 13.1. The van der Waals surface area contributed by atoms with Crippen LogP contribution in [0.15, 0.2) is 48.7 Å². The number of amides is 1. The van der Waals surface area contributed by atoms with Crippen molar-refractivity contribution < 1.29 is 9.53 Å². The number of nitrogens with zero attached hydrogens (tertiary/aromatic N) is 2. The van der Waals surface area contributed by atoms with Gasteiger partial charge in [0.25, 0.3) is 5.91 Å². The standard InChI is InChI=1S/C20H17Cl2N3O2/c21-16-6-5-13(11-17(16)22)24-19-14-3-1-2-4-18(14)23-12-15(19)20(26)25-7-9-27-10-8-25/h1-6,11-12H,7-10H2,(H,23,24). The molecule has 3 aromatic rings. The number of anilines is 2. The molecule has 1 amide bonds. The van der Waals surface area contributed by atoms with Crippen molar-refractivity contribution in [2.45, 2.75) is 0 Å². The number of para-hydroxylation sites is 1. The van der Waals surface area contributed by atoms with Crippen LogP contribution in [0, 0.1) is 0 Å². The number of morpholine rings is 1. The van der Waals surface area contributed by atoms with Gasteiger partial charge in [0.05, 0.1) is 40.0 Å². The zero-order valence-corrected chi connectivity index (χ0v) is 15.9. The van der Waals surface area contributed by atoms with E-state index in [2.05, 4.69) is 10.3 Å². The summed E-state index contributed by atoms with van der Waals surface area (Å²) in [6.07, 6.45) is 1.62. The number of carbonyl (C=O) groups is 1. The normalized spacial score (nSPS) is 14.4. The van der Waals surface area contributed by atoms with E-state index < -0.39 is 0 Å². The van der Waals surface area contributed by atoms with E-state index in [-0.39, 0.29) is 5.91 Å². The zero-order chi connectivity index (χ0) is 18.8. The lowest BCUT2D eigenvalue weighted by molar-refractivity contribution is 0.0303. The van der Waals surface area contributed by atoms with Crippen LogP contribution in [0.4, 0.5) is 11.4 Å². The van der Waals surface area contributed by atoms with Gasteiger partial charge in [0, 0.05) is 30.4 Å². The minimum absolute atomic E-state index is 0.0703. The SMILES string of the molecule is O=C(c1cnc2ccccc2c1Nc1ccc(Cl)c(Cl)c1)N1CCOCC1. The lowest BCUT2D eigenvalue weighted by Crippen LogP contribution is -2.41. The second kappa shape index (κ2) is 7.72. The van der Waals surface area contributed by atoms with Crippen molar-refractivity contribution in [2.24, 2.45) is 0 Å². The minimum atomic E-state index is -0.0703. The van der Waals surface area contributed by atoms with Crippen LogP contribution in [-0.2, 0) is 4.74 Å². The van der Waals surface area contributed by atoms with Crippen molar-refractivity contribution in [3.05, 3.63) is 64.3 Å². The summed E-state index contributed by atoms with van der Waals surface area (Å²) in [5, 5.41) is 5.13. The van der Waals surface area contributed by atoms with Crippen molar-refractivity contribution in [1.29, 1.82) is 0 Å². The molecular weight excluding hydrogens is 385 g/mol. The number of ether oxygens (including phenoxy) is 1. The largest absolute Gasteiger partial charge is 0.378 e. The number of pyridine rings is 1. The second-order valence-electron chi connectivity index (χ2n) is 6.22. The van der Waals surface area contributed by atoms with Crippen LogP contribution >= 0.6 is 23.2 Å². The first-order valence-corrected chi connectivity index (χ1v) is 9.36. The van der Waals surface area contributed by atoms with Gasteiger partial charge in [-0.25, -0.2) is 0 Å². The van der Waals surface area contributed by atoms with Gasteiger partial charge in [0.15, 0.2) is 0 Å². The third-order valence-electron chi connectivity index (χ3n) is 4.49. The summed E-state index contributed by atoms with van der Waals surface area (Å²) in [7, 11) is 0. The fourth-order valence-electron chi connectivity index (χ4n) is 3.09. The smallest absolute Gasteiger partial charge is 0.257 e. The molecular formula is C20H17Cl2N3O2. The molecule has 1 aliphatic rings. The Balaban J connectivity index is 1.79. The molecule has 5 nitrogen and oxygen atoms in total. The van der Waals surface area contributed by atoms with E-state index in [9.17, 15) is 4.79 Å². The monoisotopic (exact) mass is 401 g/mol. The van der Waals surface area contributed by atoms with Crippen LogP contribution in [-0.4, -0.2) is 42.1 Å². The fraction of sp³-hybridized carbons (Fsp3) is 0.200. The predicted molar refractivity (Wildman–Crippen MR) is 108 cm³/mol. The lowest BCUT2D eigenvalue weighted by atomic mass is 10.1. The molecule has 0 saturated carbocycles. The highest BCUT2D eigenvalue weighted by atomic mass is 35.5. The first-order valence-electron chi connectivity index (χ1n) is 8.60. The Bertz CT molecular complexity index is 1000. The molecule has 2 heterocycles. The highest BCUT2D eigenvalue weighted by Crippen LogP contribution is 2.32. The van der Waals surface area contributed by atoms with Gasteiger partial charge in [0.1, 0.15) is 0 Å². The van der Waals surface area contributed by atoms with Gasteiger partial charge in [0.2, 0.25) is 0 Å². The topological polar surface area (TPSA) is 54.5 Å². The van der Waals surface area contributed by atoms with Crippen LogP contribution in [0.25, 0.3) is 10.9 Å². The highest BCUT2D eigenvalue weighted by Gasteiger charge is 2.23. The maximum Gasteiger partial charge on any atom is 0.257 e. The molecule has 0 aliphatic carbocycles. The molecule has 27 heavy (non-hydrogen) atoms. The molecule has 0 bridgehead atoms. The van der Waals surface area contributed by atoms with Crippen LogP contribution in [0.3, 0.4) is 0 Å². The Kier molecular flexibility index (Phi) is 5.16. The van der Waals surface area contributed by atoms with Gasteiger partial charge in [-0.1, -0.05) is 41.4 Å². The fourth-order valence-corrected chi connectivity index (χ4v) is 3.39. The molecule has 2 aromatic carbocycles. The molecule has 138 valence electrons. The second-order valence-corrected chi connectivity index (χ2v) is 7.04. The van der Waals surface area contributed by atoms with Crippen LogP contribution < -0.4 is 5.32 Å². The number of hydrogen-bond donors (Lipinski definition) is 1. The van der Waals surface area contributed by atoms with E-state index in [0.717, 1.165) is 16.6 Å². The molecule has 1 aromatic heterocycles. The Hall–Kier alpha value is -2.34. The van der Waals surface area contributed by atoms with E-state index in [1.54, 1.807) is 23.2 Å². The number of benzene rings is 2. The molecule has 0 spiro atoms. The quantitative estimate of drug-likeness (QED) is 0.687. The van der Waals surface area contributed by atoms with Crippen LogP contribution in [0.5, 0.6) is 0 Å². The van der Waals surface area contributed by atoms with E-state index >= 15 is 0 Å². The number of carbonyl (C=O) groups excluding carboxylic acids is 1. The Labute approximate surface area is 166 Å². The lowest BCUT2D eigenvalue weighted by Gasteiger charge is -2.28. The summed E-state index contributed by atoms with van der Waals surface area (Å²) in [5.74, 6) is -0.0703. The Morgan fingerprint density at radius 1 is 1.07 bits per heavy atom. The molecule has 4 rings (SSSR count). The van der Waals surface area contributed by atoms with E-state index in [1.165, 1.54) is 0 Å². The number of halogens is 2. The Morgan fingerprint density at radius 3 is 2.63 bits per heavy atom. The number of hydrogen-bond acceptors (Lipinski definition) is 4. The van der Waals surface area contributed by atoms with Crippen molar-refractivity contribution in [1.82, 2.24) is 9.88 Å². The molecule has 0 unspecified atom stereocenters. The first-order chi connectivity index (χ1) is 13.1. The number of nitrogens with one attached hydrogen (secondary N) is 1.